The molecule has 7 rings (SSSR count). The Balaban J connectivity index is 1.16. The Kier molecular flexibility index (Phi) is 7.05. The van der Waals surface area contributed by atoms with Gasteiger partial charge in [-0.2, -0.15) is 0 Å². The topological polar surface area (TPSA) is 145 Å². The molecule has 0 radical (unpaired) electrons. The quantitative estimate of drug-likeness (QED) is 0.260. The summed E-state index contributed by atoms with van der Waals surface area (Å²) in [6.45, 7) is 1.03. The van der Waals surface area contributed by atoms with Crippen molar-refractivity contribution in [2.75, 3.05) is 31.2 Å². The van der Waals surface area contributed by atoms with E-state index < -0.39 is 10.9 Å². The number of nitrogens with two attached hydrogens (primary N) is 1. The average Bonchev–Trinajstić information content (AvgIpc) is 3.47. The molecule has 3 aromatic heterocycles. The van der Waals surface area contributed by atoms with Crippen molar-refractivity contribution in [3.63, 3.8) is 0 Å². The number of nitrogens with one attached hydrogen (secondary N) is 1. The van der Waals surface area contributed by atoms with E-state index in [1.165, 1.54) is 7.11 Å². The Morgan fingerprint density at radius 1 is 0.911 bits per heavy atom. The van der Waals surface area contributed by atoms with Crippen LogP contribution in [-0.2, 0) is 0 Å². The Morgan fingerprint density at radius 2 is 1.67 bits per heavy atom. The predicted octanol–water partition coefficient (Wildman–Crippen LogP) is 4.05. The van der Waals surface area contributed by atoms with Crippen LogP contribution >= 0.6 is 0 Å². The first kappa shape index (κ1) is 28.0. The third kappa shape index (κ3) is 4.97. The Morgan fingerprint density at radius 3 is 2.38 bits per heavy atom. The Hall–Kier alpha value is -5.84. The summed E-state index contributed by atoms with van der Waals surface area (Å²) in [4.78, 5) is 53.0. The number of anilines is 2. The van der Waals surface area contributed by atoms with Crippen molar-refractivity contribution in [3.8, 4) is 34.1 Å². The highest BCUT2D eigenvalue weighted by atomic mass is 16.5. The van der Waals surface area contributed by atoms with E-state index in [1.54, 1.807) is 23.2 Å². The number of carbonyl (C=O) groups is 1. The molecule has 1 aliphatic rings. The minimum atomic E-state index is -0.608. The number of imidazole rings is 1. The number of amides is 1. The number of ether oxygens (including phenoxy) is 1. The molecule has 0 bridgehead atoms. The Bertz CT molecular complexity index is 2110. The number of fused-ring (bicyclic) bond motifs is 1. The number of carbonyl (C=O) groups excluding carboxylic acids is 1. The zero-order chi connectivity index (χ0) is 31.1. The third-order valence-corrected chi connectivity index (χ3v) is 8.23. The summed E-state index contributed by atoms with van der Waals surface area (Å²) < 4.78 is 6.97. The number of likely N-dealkylation sites (tertiary alicyclic amines) is 1. The molecule has 3 N–H and O–H groups in total. The van der Waals surface area contributed by atoms with Crippen LogP contribution in [0.15, 0.2) is 94.6 Å². The number of hydrogen-bond acceptors (Lipinski definition) is 9. The van der Waals surface area contributed by atoms with E-state index in [4.69, 9.17) is 20.4 Å². The fourth-order valence-electron chi connectivity index (χ4n) is 5.82. The van der Waals surface area contributed by atoms with Crippen LogP contribution in [0.3, 0.4) is 0 Å². The predicted molar refractivity (Wildman–Crippen MR) is 172 cm³/mol. The molecule has 0 atom stereocenters. The molecule has 224 valence electrons. The number of nitrogens with zero attached hydrogens (tertiary/aromatic N) is 5. The van der Waals surface area contributed by atoms with Gasteiger partial charge in [-0.3, -0.25) is 19.0 Å². The van der Waals surface area contributed by atoms with E-state index in [-0.39, 0.29) is 23.4 Å². The highest BCUT2D eigenvalue weighted by Gasteiger charge is 2.28. The largest absolute Gasteiger partial charge is 0.491 e. The molecule has 11 heteroatoms. The van der Waals surface area contributed by atoms with Crippen molar-refractivity contribution in [2.45, 2.75) is 18.9 Å². The normalized spacial score (nSPS) is 13.8. The molecule has 0 spiro atoms. The minimum Gasteiger partial charge on any atom is -0.491 e. The lowest BCUT2D eigenvalue weighted by Crippen LogP contribution is -2.44. The first-order chi connectivity index (χ1) is 21.9. The standard InChI is InChI=1S/C34H29N7O4/c1-45-30-27(28(42)29(30)43)37-22-15-18-40(19-16-22)34(44)21-9-11-23(12-10-21)41-32(24-8-5-17-36-31(24)35)39-26-14-13-25(38-33(26)41)20-6-3-2-4-7-20/h2-14,17,22,37H,15-16,18-19H2,1H3,(H2,35,36). The van der Waals surface area contributed by atoms with Gasteiger partial charge in [0.2, 0.25) is 0 Å². The second kappa shape index (κ2) is 11.3. The zero-order valence-electron chi connectivity index (χ0n) is 24.4. The molecule has 45 heavy (non-hydrogen) atoms. The molecule has 11 nitrogen and oxygen atoms in total. The van der Waals surface area contributed by atoms with E-state index in [2.05, 4.69) is 10.3 Å². The molecule has 1 saturated heterocycles. The van der Waals surface area contributed by atoms with Gasteiger partial charge in [0.05, 0.1) is 18.4 Å². The van der Waals surface area contributed by atoms with Gasteiger partial charge in [-0.05, 0) is 61.4 Å². The molecular weight excluding hydrogens is 570 g/mol. The van der Waals surface area contributed by atoms with Crippen LogP contribution < -0.4 is 26.6 Å². The summed E-state index contributed by atoms with van der Waals surface area (Å²) >= 11 is 0. The highest BCUT2D eigenvalue weighted by Crippen LogP contribution is 2.32. The Labute approximate surface area is 257 Å². The van der Waals surface area contributed by atoms with Crippen LogP contribution in [-0.4, -0.2) is 56.6 Å². The minimum absolute atomic E-state index is 0.0326. The first-order valence-corrected chi connectivity index (χ1v) is 14.6. The lowest BCUT2D eigenvalue weighted by atomic mass is 10.0. The van der Waals surface area contributed by atoms with Crippen LogP contribution in [0.5, 0.6) is 5.75 Å². The van der Waals surface area contributed by atoms with Gasteiger partial charge in [0, 0.05) is 42.1 Å². The van der Waals surface area contributed by atoms with E-state index >= 15 is 0 Å². The average molecular weight is 600 g/mol. The lowest BCUT2D eigenvalue weighted by Gasteiger charge is -2.33. The summed E-state index contributed by atoms with van der Waals surface area (Å²) in [5.74, 6) is 0.943. The molecule has 3 aromatic carbocycles. The van der Waals surface area contributed by atoms with E-state index in [0.717, 1.165) is 16.9 Å². The van der Waals surface area contributed by atoms with Gasteiger partial charge in [0.25, 0.3) is 16.8 Å². The number of methoxy groups -OCH3 is 1. The fraction of sp³-hybridized carbons (Fsp3) is 0.176. The van der Waals surface area contributed by atoms with E-state index in [1.807, 2.05) is 71.3 Å². The maximum atomic E-state index is 13.5. The summed E-state index contributed by atoms with van der Waals surface area (Å²) in [5, 5.41) is 3.13. The molecule has 1 amide bonds. The van der Waals surface area contributed by atoms with Crippen LogP contribution in [0.2, 0.25) is 0 Å². The smallest absolute Gasteiger partial charge is 0.271 e. The van der Waals surface area contributed by atoms with Gasteiger partial charge in [-0.1, -0.05) is 30.3 Å². The van der Waals surface area contributed by atoms with Crippen LogP contribution in [0.1, 0.15) is 23.2 Å². The molecule has 0 saturated carbocycles. The van der Waals surface area contributed by atoms with Gasteiger partial charge in [-0.15, -0.1) is 0 Å². The maximum Gasteiger partial charge on any atom is 0.271 e. The lowest BCUT2D eigenvalue weighted by molar-refractivity contribution is 0.0718. The molecule has 0 unspecified atom stereocenters. The number of rotatable bonds is 7. The van der Waals surface area contributed by atoms with E-state index in [9.17, 15) is 14.4 Å². The van der Waals surface area contributed by atoms with Crippen molar-refractivity contribution >= 4 is 28.6 Å². The van der Waals surface area contributed by atoms with Gasteiger partial charge < -0.3 is 20.7 Å². The molecule has 1 aliphatic heterocycles. The molecule has 1 fully saturated rings. The second-order valence-electron chi connectivity index (χ2n) is 10.9. The summed E-state index contributed by atoms with van der Waals surface area (Å²) in [5.41, 5.74) is 10.5. The summed E-state index contributed by atoms with van der Waals surface area (Å²) in [6, 6.07) is 24.9. The van der Waals surface area contributed by atoms with Gasteiger partial charge in [-0.25, -0.2) is 15.0 Å². The number of piperidine rings is 1. The van der Waals surface area contributed by atoms with Crippen molar-refractivity contribution in [2.24, 2.45) is 0 Å². The van der Waals surface area contributed by atoms with Crippen molar-refractivity contribution < 1.29 is 9.53 Å². The van der Waals surface area contributed by atoms with Crippen LogP contribution in [0, 0.1) is 0 Å². The first-order valence-electron chi connectivity index (χ1n) is 14.6. The van der Waals surface area contributed by atoms with Gasteiger partial charge in [0.15, 0.2) is 17.2 Å². The zero-order valence-corrected chi connectivity index (χ0v) is 24.4. The highest BCUT2D eigenvalue weighted by molar-refractivity contribution is 5.94. The van der Waals surface area contributed by atoms with Crippen molar-refractivity contribution in [1.82, 2.24) is 24.4 Å². The number of pyridine rings is 2. The summed E-state index contributed by atoms with van der Waals surface area (Å²) in [7, 11) is 1.37. The number of benzene rings is 2. The molecule has 6 aromatic rings. The molecule has 0 aliphatic carbocycles. The van der Waals surface area contributed by atoms with Crippen LogP contribution in [0.4, 0.5) is 11.5 Å². The molecule has 4 heterocycles. The molecular formula is C34H29N7O4. The fourth-order valence-corrected chi connectivity index (χ4v) is 5.82. The van der Waals surface area contributed by atoms with Crippen molar-refractivity contribution in [3.05, 3.63) is 111 Å². The number of hydrogen-bond donors (Lipinski definition) is 2. The van der Waals surface area contributed by atoms with Gasteiger partial charge in [0.1, 0.15) is 17.0 Å². The van der Waals surface area contributed by atoms with Crippen LogP contribution in [0.25, 0.3) is 39.5 Å². The SMILES string of the molecule is COc1c(NC2CCN(C(=O)c3ccc(-n4c(-c5cccnc5N)nc5ccc(-c6ccccc6)nc54)cc3)CC2)c(=O)c1=O. The third-order valence-electron chi connectivity index (χ3n) is 8.23. The number of nitrogen functional groups attached to an aromatic ring is 1. The van der Waals surface area contributed by atoms with Gasteiger partial charge >= 0.3 is 0 Å². The number of aromatic nitrogens is 4. The summed E-state index contributed by atoms with van der Waals surface area (Å²) in [6.07, 6.45) is 2.91. The van der Waals surface area contributed by atoms with E-state index in [0.29, 0.717) is 59.9 Å². The maximum absolute atomic E-state index is 13.5. The van der Waals surface area contributed by atoms with Crippen molar-refractivity contribution in [1.29, 1.82) is 0 Å². The second-order valence-corrected chi connectivity index (χ2v) is 10.9. The monoisotopic (exact) mass is 599 g/mol.